The summed E-state index contributed by atoms with van der Waals surface area (Å²) in [6.45, 7) is 1.97. The minimum atomic E-state index is -0.623. The topological polar surface area (TPSA) is 75.8 Å². The van der Waals surface area contributed by atoms with Gasteiger partial charge in [-0.15, -0.1) is 0 Å². The molecule has 0 saturated carbocycles. The Morgan fingerprint density at radius 3 is 3.07 bits per heavy atom. The van der Waals surface area contributed by atoms with Crippen LogP contribution in [0, 0.1) is 6.92 Å². The fourth-order valence-electron chi connectivity index (χ4n) is 1.23. The summed E-state index contributed by atoms with van der Waals surface area (Å²) >= 11 is 0. The summed E-state index contributed by atoms with van der Waals surface area (Å²) in [5.41, 5.74) is 0.514. The number of oxazole rings is 1. The van der Waals surface area contributed by atoms with Crippen LogP contribution < -0.4 is 0 Å². The number of hydrogen-bond donors (Lipinski definition) is 1. The Kier molecular flexibility index (Phi) is 2.22. The molecule has 1 aliphatic heterocycles. The largest absolute Gasteiger partial charge is 0.438 e. The molecule has 1 aliphatic rings. The predicted molar refractivity (Wildman–Crippen MR) is 44.2 cm³/mol. The van der Waals surface area contributed by atoms with Gasteiger partial charge in [0.2, 0.25) is 5.76 Å². The van der Waals surface area contributed by atoms with E-state index in [9.17, 15) is 4.79 Å². The number of aryl methyl sites for hydroxylation is 1. The van der Waals surface area contributed by atoms with E-state index in [0.29, 0.717) is 5.69 Å². The first-order valence-corrected chi connectivity index (χ1v) is 4.21. The number of aliphatic hydroxyl groups is 1. The number of aliphatic hydroxyl groups excluding tert-OH is 1. The van der Waals surface area contributed by atoms with Crippen molar-refractivity contribution in [3.8, 4) is 0 Å². The van der Waals surface area contributed by atoms with Crippen LogP contribution in [0.4, 0.5) is 0 Å². The zero-order valence-corrected chi connectivity index (χ0v) is 7.64. The molecular formula is C8H10N2O4. The van der Waals surface area contributed by atoms with Crippen molar-refractivity contribution in [3.63, 3.8) is 0 Å². The Hall–Kier alpha value is -1.40. The summed E-state index contributed by atoms with van der Waals surface area (Å²) in [7, 11) is 0. The average molecular weight is 198 g/mol. The summed E-state index contributed by atoms with van der Waals surface area (Å²) in [6.07, 6.45) is 0.580. The van der Waals surface area contributed by atoms with Crippen LogP contribution in [-0.2, 0) is 4.84 Å². The van der Waals surface area contributed by atoms with Crippen LogP contribution in [0.5, 0.6) is 0 Å². The molecule has 0 bridgehead atoms. The van der Waals surface area contributed by atoms with Gasteiger partial charge in [0.05, 0.1) is 12.2 Å². The lowest BCUT2D eigenvalue weighted by Crippen LogP contribution is -2.28. The van der Waals surface area contributed by atoms with Gasteiger partial charge < -0.3 is 9.52 Å². The van der Waals surface area contributed by atoms with Crippen LogP contribution in [0.3, 0.4) is 0 Å². The molecule has 1 saturated heterocycles. The lowest BCUT2D eigenvalue weighted by Gasteiger charge is -2.11. The lowest BCUT2D eigenvalue weighted by molar-refractivity contribution is -0.0796. The van der Waals surface area contributed by atoms with Crippen LogP contribution in [0.2, 0.25) is 0 Å². The molecule has 6 heteroatoms. The van der Waals surface area contributed by atoms with Crippen molar-refractivity contribution < 1.29 is 19.2 Å². The van der Waals surface area contributed by atoms with Gasteiger partial charge in [0.1, 0.15) is 12.7 Å². The SMILES string of the molecule is Cc1ncoc1C(=O)N1CC(O)CO1. The molecule has 1 fully saturated rings. The quantitative estimate of drug-likeness (QED) is 0.672. The Balaban J connectivity index is 2.13. The molecule has 1 N–H and O–H groups in total. The molecule has 2 rings (SSSR count). The maximum absolute atomic E-state index is 11.6. The molecule has 1 aromatic rings. The molecular weight excluding hydrogens is 188 g/mol. The highest BCUT2D eigenvalue weighted by molar-refractivity contribution is 5.91. The summed E-state index contributed by atoms with van der Waals surface area (Å²) in [6, 6.07) is 0. The van der Waals surface area contributed by atoms with Gasteiger partial charge in [-0.05, 0) is 6.92 Å². The molecule has 0 aliphatic carbocycles. The van der Waals surface area contributed by atoms with Gasteiger partial charge in [-0.2, -0.15) is 0 Å². The van der Waals surface area contributed by atoms with Crippen LogP contribution in [0.25, 0.3) is 0 Å². The molecule has 14 heavy (non-hydrogen) atoms. The minimum absolute atomic E-state index is 0.138. The number of hydrogen-bond acceptors (Lipinski definition) is 5. The van der Waals surface area contributed by atoms with Gasteiger partial charge in [0, 0.05) is 0 Å². The van der Waals surface area contributed by atoms with E-state index >= 15 is 0 Å². The van der Waals surface area contributed by atoms with E-state index in [1.54, 1.807) is 6.92 Å². The first-order chi connectivity index (χ1) is 6.68. The lowest BCUT2D eigenvalue weighted by atomic mass is 10.3. The third kappa shape index (κ3) is 1.49. The molecule has 2 heterocycles. The fourth-order valence-corrected chi connectivity index (χ4v) is 1.23. The number of amides is 1. The average Bonchev–Trinajstić information content (AvgIpc) is 2.73. The molecule has 1 atom stereocenters. The molecule has 0 spiro atoms. The standard InChI is InChI=1S/C8H10N2O4/c1-5-7(13-4-9-5)8(12)10-2-6(11)3-14-10/h4,6,11H,2-3H2,1H3. The normalized spacial score (nSPS) is 21.6. The number of carbonyl (C=O) groups is 1. The number of carbonyl (C=O) groups excluding carboxylic acids is 1. The second kappa shape index (κ2) is 3.39. The van der Waals surface area contributed by atoms with E-state index in [1.165, 1.54) is 6.39 Å². The second-order valence-electron chi connectivity index (χ2n) is 3.08. The number of aromatic nitrogens is 1. The zero-order valence-electron chi connectivity index (χ0n) is 7.64. The summed E-state index contributed by atoms with van der Waals surface area (Å²) < 4.78 is 4.91. The van der Waals surface area contributed by atoms with Crippen LogP contribution in [0.15, 0.2) is 10.8 Å². The smallest absolute Gasteiger partial charge is 0.315 e. The van der Waals surface area contributed by atoms with Gasteiger partial charge in [0.25, 0.3) is 0 Å². The third-order valence-electron chi connectivity index (χ3n) is 1.97. The number of rotatable bonds is 1. The van der Waals surface area contributed by atoms with E-state index in [-0.39, 0.29) is 18.9 Å². The number of hydroxylamine groups is 2. The van der Waals surface area contributed by atoms with Crippen molar-refractivity contribution in [1.29, 1.82) is 0 Å². The molecule has 1 aromatic heterocycles. The van der Waals surface area contributed by atoms with Gasteiger partial charge in [-0.1, -0.05) is 0 Å². The molecule has 76 valence electrons. The summed E-state index contributed by atoms with van der Waals surface area (Å²) in [5, 5.41) is 10.2. The Labute approximate surface area is 80.0 Å². The molecule has 1 amide bonds. The van der Waals surface area contributed by atoms with Crippen molar-refractivity contribution in [2.24, 2.45) is 0 Å². The predicted octanol–water partition coefficient (Wildman–Crippen LogP) is -0.269. The van der Waals surface area contributed by atoms with Crippen LogP contribution in [0.1, 0.15) is 16.2 Å². The van der Waals surface area contributed by atoms with E-state index in [1.807, 2.05) is 0 Å². The van der Waals surface area contributed by atoms with Crippen molar-refractivity contribution in [3.05, 3.63) is 17.8 Å². The van der Waals surface area contributed by atoms with E-state index in [0.717, 1.165) is 5.06 Å². The van der Waals surface area contributed by atoms with Crippen LogP contribution in [-0.4, -0.2) is 40.3 Å². The van der Waals surface area contributed by atoms with Crippen molar-refractivity contribution in [2.45, 2.75) is 13.0 Å². The first kappa shape index (κ1) is 9.17. The van der Waals surface area contributed by atoms with Gasteiger partial charge >= 0.3 is 5.91 Å². The van der Waals surface area contributed by atoms with Crippen LogP contribution >= 0.6 is 0 Å². The molecule has 6 nitrogen and oxygen atoms in total. The first-order valence-electron chi connectivity index (χ1n) is 4.21. The molecule has 0 radical (unpaired) electrons. The summed E-state index contributed by atoms with van der Waals surface area (Å²) in [5.74, 6) is -0.254. The van der Waals surface area contributed by atoms with E-state index in [2.05, 4.69) is 4.98 Å². The van der Waals surface area contributed by atoms with Crippen molar-refractivity contribution in [2.75, 3.05) is 13.2 Å². The maximum atomic E-state index is 11.6. The second-order valence-corrected chi connectivity index (χ2v) is 3.08. The third-order valence-corrected chi connectivity index (χ3v) is 1.97. The number of β-amino-alcohol motifs (C(OH)–C–C–N with tert-alkyl or cyclic N) is 1. The van der Waals surface area contributed by atoms with Crippen molar-refractivity contribution >= 4 is 5.91 Å². The van der Waals surface area contributed by atoms with Gasteiger partial charge in [-0.3, -0.25) is 9.63 Å². The molecule has 0 aromatic carbocycles. The Morgan fingerprint density at radius 2 is 2.57 bits per heavy atom. The molecule has 1 unspecified atom stereocenters. The van der Waals surface area contributed by atoms with Gasteiger partial charge in [-0.25, -0.2) is 10.0 Å². The maximum Gasteiger partial charge on any atom is 0.315 e. The van der Waals surface area contributed by atoms with E-state index in [4.69, 9.17) is 14.4 Å². The minimum Gasteiger partial charge on any atom is -0.438 e. The summed E-state index contributed by atoms with van der Waals surface area (Å²) in [4.78, 5) is 20.4. The monoisotopic (exact) mass is 198 g/mol. The van der Waals surface area contributed by atoms with Crippen molar-refractivity contribution in [1.82, 2.24) is 10.0 Å². The Bertz CT molecular complexity index is 349. The van der Waals surface area contributed by atoms with E-state index < -0.39 is 12.0 Å². The number of nitrogens with zero attached hydrogens (tertiary/aromatic N) is 2. The zero-order chi connectivity index (χ0) is 10.1. The highest BCUT2D eigenvalue weighted by atomic mass is 16.7. The van der Waals surface area contributed by atoms with Gasteiger partial charge in [0.15, 0.2) is 6.39 Å². The highest BCUT2D eigenvalue weighted by Gasteiger charge is 2.29. The highest BCUT2D eigenvalue weighted by Crippen LogP contribution is 2.13. The fraction of sp³-hybridized carbons (Fsp3) is 0.500. The Morgan fingerprint density at radius 1 is 1.79 bits per heavy atom.